The van der Waals surface area contributed by atoms with Crippen molar-refractivity contribution in [2.24, 2.45) is 16.5 Å². The quantitative estimate of drug-likeness (QED) is 0.450. The molecule has 4 nitrogen and oxygen atoms in total. The fourth-order valence-electron chi connectivity index (χ4n) is 0.714. The molecule has 5 heteroatoms. The summed E-state index contributed by atoms with van der Waals surface area (Å²) in [5.74, 6) is -0.0389. The number of rotatable bonds is 1. The van der Waals surface area contributed by atoms with Gasteiger partial charge in [-0.05, 0) is 18.2 Å². The maximum absolute atomic E-state index is 9.03. The van der Waals surface area contributed by atoms with Gasteiger partial charge in [0.25, 0.3) is 0 Å². The van der Waals surface area contributed by atoms with Gasteiger partial charge in [0.15, 0.2) is 5.96 Å². The largest absolute Gasteiger partial charge is 0.506 e. The van der Waals surface area contributed by atoms with Crippen LogP contribution >= 0.6 is 11.6 Å². The molecule has 0 saturated heterocycles. The molecular weight excluding hydrogens is 178 g/mol. The number of hydrogen-bond donors (Lipinski definition) is 3. The maximum atomic E-state index is 9.03. The molecule has 1 rings (SSSR count). The van der Waals surface area contributed by atoms with Crippen LogP contribution in [-0.4, -0.2) is 11.1 Å². The van der Waals surface area contributed by atoms with E-state index in [0.29, 0.717) is 5.69 Å². The van der Waals surface area contributed by atoms with E-state index < -0.39 is 0 Å². The molecule has 12 heavy (non-hydrogen) atoms. The van der Waals surface area contributed by atoms with E-state index in [1.807, 2.05) is 0 Å². The van der Waals surface area contributed by atoms with Gasteiger partial charge in [0.1, 0.15) is 5.75 Å². The second-order valence-electron chi connectivity index (χ2n) is 2.17. The Kier molecular flexibility index (Phi) is 2.40. The minimum atomic E-state index is -0.0447. The molecule has 0 amide bonds. The SMILES string of the molecule is NC(N)=Nc1ccc(O)c(Cl)c1. The Balaban J connectivity index is 3.05. The third-order valence-corrected chi connectivity index (χ3v) is 1.49. The summed E-state index contributed by atoms with van der Waals surface area (Å²) in [7, 11) is 0. The molecule has 0 aliphatic heterocycles. The number of hydrogen-bond acceptors (Lipinski definition) is 2. The van der Waals surface area contributed by atoms with Crippen LogP contribution in [0.4, 0.5) is 5.69 Å². The van der Waals surface area contributed by atoms with Crippen LogP contribution in [0, 0.1) is 0 Å². The number of benzene rings is 1. The Morgan fingerprint density at radius 1 is 1.42 bits per heavy atom. The Morgan fingerprint density at radius 2 is 2.08 bits per heavy atom. The number of guanidine groups is 1. The highest BCUT2D eigenvalue weighted by molar-refractivity contribution is 6.32. The Morgan fingerprint density at radius 3 is 2.58 bits per heavy atom. The predicted octanol–water partition coefficient (Wildman–Crippen LogP) is 0.950. The van der Waals surface area contributed by atoms with E-state index in [1.54, 1.807) is 6.07 Å². The van der Waals surface area contributed by atoms with E-state index in [-0.39, 0.29) is 16.7 Å². The highest BCUT2D eigenvalue weighted by atomic mass is 35.5. The smallest absolute Gasteiger partial charge is 0.191 e. The lowest BCUT2D eigenvalue weighted by molar-refractivity contribution is 0.475. The second-order valence-corrected chi connectivity index (χ2v) is 2.58. The first-order valence-corrected chi connectivity index (χ1v) is 3.55. The van der Waals surface area contributed by atoms with Crippen LogP contribution < -0.4 is 11.5 Å². The van der Waals surface area contributed by atoms with Crippen LogP contribution in [-0.2, 0) is 0 Å². The summed E-state index contributed by atoms with van der Waals surface area (Å²) in [6.45, 7) is 0. The highest BCUT2D eigenvalue weighted by Gasteiger charge is 1.98. The third-order valence-electron chi connectivity index (χ3n) is 1.19. The predicted molar refractivity (Wildman–Crippen MR) is 48.6 cm³/mol. The summed E-state index contributed by atoms with van der Waals surface area (Å²) in [6.07, 6.45) is 0. The van der Waals surface area contributed by atoms with E-state index in [0.717, 1.165) is 0 Å². The summed E-state index contributed by atoms with van der Waals surface area (Å²) < 4.78 is 0. The Hall–Kier alpha value is -1.42. The number of aromatic hydroxyl groups is 1. The van der Waals surface area contributed by atoms with Crippen molar-refractivity contribution in [2.75, 3.05) is 0 Å². The number of phenolic OH excluding ortho intramolecular Hbond substituents is 1. The van der Waals surface area contributed by atoms with Crippen LogP contribution in [0.1, 0.15) is 0 Å². The first-order valence-electron chi connectivity index (χ1n) is 3.18. The van der Waals surface area contributed by atoms with Crippen molar-refractivity contribution in [3.05, 3.63) is 23.2 Å². The lowest BCUT2D eigenvalue weighted by Gasteiger charge is -1.97. The standard InChI is InChI=1S/C7H8ClN3O/c8-5-3-4(11-7(9)10)1-2-6(5)12/h1-3,12H,(H4,9,10,11). The van der Waals surface area contributed by atoms with Crippen molar-refractivity contribution in [3.8, 4) is 5.75 Å². The molecule has 0 aromatic heterocycles. The van der Waals surface area contributed by atoms with Crippen molar-refractivity contribution >= 4 is 23.2 Å². The Labute approximate surface area is 74.5 Å². The molecule has 0 bridgehead atoms. The van der Waals surface area contributed by atoms with Crippen molar-refractivity contribution in [3.63, 3.8) is 0 Å². The molecule has 0 spiro atoms. The van der Waals surface area contributed by atoms with Gasteiger partial charge < -0.3 is 16.6 Å². The molecule has 1 aromatic carbocycles. The number of nitrogens with zero attached hydrogens (tertiary/aromatic N) is 1. The molecule has 0 atom stereocenters. The van der Waals surface area contributed by atoms with Crippen molar-refractivity contribution in [1.29, 1.82) is 0 Å². The molecule has 0 unspecified atom stereocenters. The zero-order valence-corrected chi connectivity index (χ0v) is 6.92. The normalized spacial score (nSPS) is 9.42. The second kappa shape index (κ2) is 3.32. The highest BCUT2D eigenvalue weighted by Crippen LogP contribution is 2.27. The van der Waals surface area contributed by atoms with Gasteiger partial charge in [0.2, 0.25) is 0 Å². The van der Waals surface area contributed by atoms with E-state index in [9.17, 15) is 0 Å². The van der Waals surface area contributed by atoms with Crippen LogP contribution in [0.2, 0.25) is 5.02 Å². The maximum Gasteiger partial charge on any atom is 0.191 e. The van der Waals surface area contributed by atoms with Gasteiger partial charge in [-0.15, -0.1) is 0 Å². The molecule has 64 valence electrons. The number of halogens is 1. The number of nitrogens with two attached hydrogens (primary N) is 2. The third kappa shape index (κ3) is 2.03. The molecule has 0 fully saturated rings. The van der Waals surface area contributed by atoms with Gasteiger partial charge in [0, 0.05) is 0 Å². The number of phenols is 1. The van der Waals surface area contributed by atoms with E-state index in [4.69, 9.17) is 28.2 Å². The lowest BCUT2D eigenvalue weighted by Crippen LogP contribution is -2.21. The van der Waals surface area contributed by atoms with E-state index >= 15 is 0 Å². The minimum absolute atomic E-state index is 0.00575. The molecule has 5 N–H and O–H groups in total. The Bertz CT molecular complexity index is 320. The monoisotopic (exact) mass is 185 g/mol. The van der Waals surface area contributed by atoms with Crippen LogP contribution in [0.3, 0.4) is 0 Å². The molecule has 0 aliphatic carbocycles. The zero-order valence-electron chi connectivity index (χ0n) is 6.16. The lowest BCUT2D eigenvalue weighted by atomic mass is 10.3. The average molecular weight is 186 g/mol. The van der Waals surface area contributed by atoms with E-state index in [2.05, 4.69) is 4.99 Å². The average Bonchev–Trinajstić information content (AvgIpc) is 1.96. The van der Waals surface area contributed by atoms with Gasteiger partial charge in [-0.1, -0.05) is 11.6 Å². The molecule has 0 radical (unpaired) electrons. The zero-order chi connectivity index (χ0) is 9.14. The van der Waals surface area contributed by atoms with Crippen molar-refractivity contribution < 1.29 is 5.11 Å². The minimum Gasteiger partial charge on any atom is -0.506 e. The van der Waals surface area contributed by atoms with Gasteiger partial charge >= 0.3 is 0 Å². The molecule has 1 aromatic rings. The van der Waals surface area contributed by atoms with Crippen molar-refractivity contribution in [1.82, 2.24) is 0 Å². The number of aliphatic imine (C=N–C) groups is 1. The first-order chi connectivity index (χ1) is 5.59. The fourth-order valence-corrected chi connectivity index (χ4v) is 0.889. The summed E-state index contributed by atoms with van der Waals surface area (Å²) in [6, 6.07) is 4.45. The molecule has 0 heterocycles. The topological polar surface area (TPSA) is 84.6 Å². The van der Waals surface area contributed by atoms with Gasteiger partial charge in [-0.2, -0.15) is 0 Å². The molecule has 0 aliphatic rings. The summed E-state index contributed by atoms with van der Waals surface area (Å²) in [5.41, 5.74) is 10.8. The molecule has 0 saturated carbocycles. The van der Waals surface area contributed by atoms with Gasteiger partial charge in [-0.3, -0.25) is 0 Å². The van der Waals surface area contributed by atoms with Crippen molar-refractivity contribution in [2.45, 2.75) is 0 Å². The first kappa shape index (κ1) is 8.67. The fraction of sp³-hybridized carbons (Fsp3) is 0. The van der Waals surface area contributed by atoms with Crippen LogP contribution in [0.5, 0.6) is 5.75 Å². The summed E-state index contributed by atoms with van der Waals surface area (Å²) in [4.78, 5) is 3.74. The van der Waals surface area contributed by atoms with E-state index in [1.165, 1.54) is 12.1 Å². The molecular formula is C7H8ClN3O. The van der Waals surface area contributed by atoms with Crippen LogP contribution in [0.25, 0.3) is 0 Å². The summed E-state index contributed by atoms with van der Waals surface area (Å²) >= 11 is 5.60. The van der Waals surface area contributed by atoms with Gasteiger partial charge in [0.05, 0.1) is 10.7 Å². The van der Waals surface area contributed by atoms with Gasteiger partial charge in [-0.25, -0.2) is 4.99 Å². The summed E-state index contributed by atoms with van der Waals surface area (Å²) in [5, 5.41) is 9.25. The van der Waals surface area contributed by atoms with Crippen LogP contribution in [0.15, 0.2) is 23.2 Å².